The molecule has 0 saturated heterocycles. The second-order valence-corrected chi connectivity index (χ2v) is 6.45. The molecule has 0 aliphatic carbocycles. The molecule has 1 aromatic carbocycles. The van der Waals surface area contributed by atoms with Crippen LogP contribution in [0.4, 0.5) is 5.82 Å². The van der Waals surface area contributed by atoms with Crippen molar-refractivity contribution in [1.82, 2.24) is 19.3 Å². The molecule has 7 heteroatoms. The molecule has 0 unspecified atom stereocenters. The molecule has 2 aromatic heterocycles. The number of anilines is 1. The van der Waals surface area contributed by atoms with Crippen molar-refractivity contribution in [1.29, 1.82) is 0 Å². The van der Waals surface area contributed by atoms with Gasteiger partial charge in [0.1, 0.15) is 5.82 Å². The van der Waals surface area contributed by atoms with Crippen molar-refractivity contribution in [3.63, 3.8) is 0 Å². The van der Waals surface area contributed by atoms with Crippen LogP contribution in [0.1, 0.15) is 5.56 Å². The predicted molar refractivity (Wildman–Crippen MR) is 95.9 cm³/mol. The Hall–Kier alpha value is -2.54. The van der Waals surface area contributed by atoms with Crippen LogP contribution >= 0.6 is 11.8 Å². The summed E-state index contributed by atoms with van der Waals surface area (Å²) in [6.07, 6.45) is 3.58. The molecule has 6 nitrogen and oxygen atoms in total. The van der Waals surface area contributed by atoms with Crippen molar-refractivity contribution >= 4 is 23.5 Å². The van der Waals surface area contributed by atoms with Crippen molar-refractivity contribution in [2.24, 2.45) is 14.1 Å². The number of imidazole rings is 1. The summed E-state index contributed by atoms with van der Waals surface area (Å²) in [5.74, 6) is 0.899. The fraction of sp³-hybridized carbons (Fsp3) is 0.235. The van der Waals surface area contributed by atoms with E-state index in [1.165, 1.54) is 11.8 Å². The molecule has 3 aromatic rings. The molecule has 0 radical (unpaired) electrons. The topological polar surface area (TPSA) is 64.7 Å². The summed E-state index contributed by atoms with van der Waals surface area (Å²) in [6, 6.07) is 9.95. The van der Waals surface area contributed by atoms with E-state index in [0.29, 0.717) is 11.6 Å². The molecule has 2 heterocycles. The average molecular weight is 341 g/mol. The van der Waals surface area contributed by atoms with Crippen LogP contribution in [-0.2, 0) is 18.9 Å². The van der Waals surface area contributed by atoms with E-state index in [9.17, 15) is 4.79 Å². The van der Waals surface area contributed by atoms with Gasteiger partial charge in [0.15, 0.2) is 5.16 Å². The summed E-state index contributed by atoms with van der Waals surface area (Å²) in [7, 11) is 3.73. The van der Waals surface area contributed by atoms with Crippen LogP contribution in [0.25, 0.3) is 11.3 Å². The van der Waals surface area contributed by atoms with Gasteiger partial charge in [-0.1, -0.05) is 36.0 Å². The minimum absolute atomic E-state index is 0.0812. The number of carbonyl (C=O) groups excluding carboxylic acids is 1. The van der Waals surface area contributed by atoms with Crippen molar-refractivity contribution in [3.8, 4) is 11.3 Å². The zero-order valence-electron chi connectivity index (χ0n) is 13.9. The van der Waals surface area contributed by atoms with Gasteiger partial charge in [-0.05, 0) is 12.5 Å². The number of hydrogen-bond acceptors (Lipinski definition) is 4. The Morgan fingerprint density at radius 2 is 2.08 bits per heavy atom. The Morgan fingerprint density at radius 1 is 1.29 bits per heavy atom. The molecule has 124 valence electrons. The summed E-state index contributed by atoms with van der Waals surface area (Å²) in [5, 5.41) is 8.22. The van der Waals surface area contributed by atoms with Crippen LogP contribution < -0.4 is 5.32 Å². The van der Waals surface area contributed by atoms with Gasteiger partial charge in [0.2, 0.25) is 5.91 Å². The molecular formula is C17H19N5OS. The van der Waals surface area contributed by atoms with E-state index in [0.717, 1.165) is 22.0 Å². The zero-order chi connectivity index (χ0) is 17.1. The quantitative estimate of drug-likeness (QED) is 0.725. The maximum Gasteiger partial charge on any atom is 0.235 e. The molecule has 0 atom stereocenters. The molecular weight excluding hydrogens is 322 g/mol. The van der Waals surface area contributed by atoms with Crippen LogP contribution in [0.3, 0.4) is 0 Å². The predicted octanol–water partition coefficient (Wildman–Crippen LogP) is 2.86. The summed E-state index contributed by atoms with van der Waals surface area (Å²) < 4.78 is 3.57. The summed E-state index contributed by atoms with van der Waals surface area (Å²) in [4.78, 5) is 16.4. The molecule has 0 bridgehead atoms. The van der Waals surface area contributed by atoms with Crippen LogP contribution in [0.2, 0.25) is 0 Å². The lowest BCUT2D eigenvalue weighted by Crippen LogP contribution is -2.16. The molecule has 1 amide bonds. The van der Waals surface area contributed by atoms with Crippen molar-refractivity contribution in [3.05, 3.63) is 48.3 Å². The van der Waals surface area contributed by atoms with Gasteiger partial charge < -0.3 is 9.88 Å². The summed E-state index contributed by atoms with van der Waals surface area (Å²) >= 11 is 1.40. The highest BCUT2D eigenvalue weighted by Crippen LogP contribution is 2.24. The highest BCUT2D eigenvalue weighted by molar-refractivity contribution is 7.99. The number of aryl methyl sites for hydroxylation is 3. The number of aromatic nitrogens is 4. The Bertz CT molecular complexity index is 868. The van der Waals surface area contributed by atoms with Gasteiger partial charge in [-0.3, -0.25) is 9.48 Å². The third-order valence-corrected chi connectivity index (χ3v) is 4.74. The van der Waals surface area contributed by atoms with Gasteiger partial charge in [0, 0.05) is 38.1 Å². The lowest BCUT2D eigenvalue weighted by atomic mass is 10.1. The number of amides is 1. The molecule has 0 fully saturated rings. The first kappa shape index (κ1) is 16.3. The molecule has 1 N–H and O–H groups in total. The number of hydrogen-bond donors (Lipinski definition) is 1. The lowest BCUT2D eigenvalue weighted by Gasteiger charge is -2.04. The van der Waals surface area contributed by atoms with E-state index in [2.05, 4.69) is 15.4 Å². The van der Waals surface area contributed by atoms with Crippen LogP contribution in [-0.4, -0.2) is 31.0 Å². The lowest BCUT2D eigenvalue weighted by molar-refractivity contribution is -0.113. The smallest absolute Gasteiger partial charge is 0.235 e. The van der Waals surface area contributed by atoms with Gasteiger partial charge in [-0.15, -0.1) is 0 Å². The van der Waals surface area contributed by atoms with Crippen molar-refractivity contribution in [2.75, 3.05) is 11.1 Å². The first-order chi connectivity index (χ1) is 11.5. The first-order valence-corrected chi connectivity index (χ1v) is 8.53. The van der Waals surface area contributed by atoms with Crippen LogP contribution in [0.5, 0.6) is 0 Å². The van der Waals surface area contributed by atoms with E-state index in [4.69, 9.17) is 0 Å². The number of rotatable bonds is 5. The van der Waals surface area contributed by atoms with Crippen LogP contribution in [0, 0.1) is 6.92 Å². The third-order valence-electron chi connectivity index (χ3n) is 3.68. The Kier molecular flexibility index (Phi) is 4.71. The largest absolute Gasteiger partial charge is 0.329 e. The second-order valence-electron chi connectivity index (χ2n) is 5.51. The SMILES string of the molecule is Cc1ccccc1-c1cc(NC(=O)CSc2nccn2C)n(C)n1. The van der Waals surface area contributed by atoms with Gasteiger partial charge in [0.25, 0.3) is 0 Å². The van der Waals surface area contributed by atoms with E-state index in [-0.39, 0.29) is 5.91 Å². The minimum Gasteiger partial charge on any atom is -0.329 e. The number of nitrogens with zero attached hydrogens (tertiary/aromatic N) is 4. The van der Waals surface area contributed by atoms with Gasteiger partial charge >= 0.3 is 0 Å². The Morgan fingerprint density at radius 3 is 2.79 bits per heavy atom. The Labute approximate surface area is 144 Å². The van der Waals surface area contributed by atoms with Gasteiger partial charge in [-0.2, -0.15) is 5.10 Å². The third kappa shape index (κ3) is 3.51. The van der Waals surface area contributed by atoms with Crippen molar-refractivity contribution < 1.29 is 4.79 Å². The molecule has 3 rings (SSSR count). The Balaban J connectivity index is 1.68. The second kappa shape index (κ2) is 6.92. The van der Waals surface area contributed by atoms with Gasteiger partial charge in [0.05, 0.1) is 11.4 Å². The molecule has 0 spiro atoms. The highest BCUT2D eigenvalue weighted by Gasteiger charge is 2.12. The van der Waals surface area contributed by atoms with Crippen LogP contribution in [0.15, 0.2) is 47.9 Å². The number of nitrogens with one attached hydrogen (secondary N) is 1. The normalized spacial score (nSPS) is 10.8. The number of benzene rings is 1. The molecule has 0 saturated carbocycles. The zero-order valence-corrected chi connectivity index (χ0v) is 14.7. The fourth-order valence-corrected chi connectivity index (χ4v) is 3.11. The number of thioether (sulfide) groups is 1. The van der Waals surface area contributed by atoms with E-state index < -0.39 is 0 Å². The highest BCUT2D eigenvalue weighted by atomic mass is 32.2. The van der Waals surface area contributed by atoms with Gasteiger partial charge in [-0.25, -0.2) is 4.98 Å². The summed E-state index contributed by atoms with van der Waals surface area (Å²) in [5.41, 5.74) is 3.07. The van der Waals surface area contributed by atoms with E-state index in [1.54, 1.807) is 10.9 Å². The fourth-order valence-electron chi connectivity index (χ4n) is 2.38. The molecule has 0 aliphatic heterocycles. The summed E-state index contributed by atoms with van der Waals surface area (Å²) in [6.45, 7) is 2.05. The van der Waals surface area contributed by atoms with E-state index in [1.807, 2.05) is 62.1 Å². The molecule has 0 aliphatic rings. The van der Waals surface area contributed by atoms with Crippen molar-refractivity contribution in [2.45, 2.75) is 12.1 Å². The minimum atomic E-state index is -0.0812. The maximum absolute atomic E-state index is 12.2. The van der Waals surface area contributed by atoms with E-state index >= 15 is 0 Å². The molecule has 24 heavy (non-hydrogen) atoms. The standard InChI is InChI=1S/C17H19N5OS/c1-12-6-4-5-7-13(12)14-10-15(22(3)20-14)19-16(23)11-24-17-18-8-9-21(17)2/h4-10H,11H2,1-3H3,(H,19,23). The average Bonchev–Trinajstić information content (AvgIpc) is 3.12. The maximum atomic E-state index is 12.2. The number of carbonyl (C=O) groups is 1. The first-order valence-electron chi connectivity index (χ1n) is 7.54. The monoisotopic (exact) mass is 341 g/mol.